The predicted molar refractivity (Wildman–Crippen MR) is 134 cm³/mol. The maximum absolute atomic E-state index is 12.1. The number of piperidine rings is 1. The van der Waals surface area contributed by atoms with Crippen LogP contribution in [0.25, 0.3) is 0 Å². The molecule has 33 heavy (non-hydrogen) atoms. The molecule has 0 radical (unpaired) electrons. The molecule has 3 fully saturated rings. The normalized spacial score (nSPS) is 30.5. The van der Waals surface area contributed by atoms with Crippen molar-refractivity contribution in [2.24, 2.45) is 16.7 Å². The molecule has 1 aromatic carbocycles. The van der Waals surface area contributed by atoms with Crippen molar-refractivity contribution in [3.63, 3.8) is 0 Å². The highest BCUT2D eigenvalue weighted by Crippen LogP contribution is 2.65. The van der Waals surface area contributed by atoms with Gasteiger partial charge in [-0.1, -0.05) is 52.2 Å². The lowest BCUT2D eigenvalue weighted by Gasteiger charge is -2.39. The third kappa shape index (κ3) is 5.13. The molecule has 3 aliphatic rings. The van der Waals surface area contributed by atoms with Crippen molar-refractivity contribution < 1.29 is 9.59 Å². The van der Waals surface area contributed by atoms with Gasteiger partial charge in [0, 0.05) is 24.7 Å². The van der Waals surface area contributed by atoms with Crippen LogP contribution in [0.5, 0.6) is 0 Å². The highest BCUT2D eigenvalue weighted by atomic mass is 16.2. The van der Waals surface area contributed by atoms with Crippen LogP contribution in [0.15, 0.2) is 24.3 Å². The Morgan fingerprint density at radius 3 is 2.45 bits per heavy atom. The number of amides is 2. The first-order valence-corrected chi connectivity index (χ1v) is 13.2. The maximum atomic E-state index is 12.1. The summed E-state index contributed by atoms with van der Waals surface area (Å²) in [7, 11) is 0. The molecule has 5 nitrogen and oxygen atoms in total. The van der Waals surface area contributed by atoms with Gasteiger partial charge in [-0.15, -0.1) is 0 Å². The minimum atomic E-state index is -0.217. The number of hydrogen-bond donors (Lipinski definition) is 3. The Balaban J connectivity index is 1.07. The van der Waals surface area contributed by atoms with Crippen molar-refractivity contribution in [3.8, 4) is 0 Å². The molecule has 1 aliphatic heterocycles. The number of hydrogen-bond acceptors (Lipinski definition) is 4. The van der Waals surface area contributed by atoms with Gasteiger partial charge >= 0.3 is 0 Å². The van der Waals surface area contributed by atoms with Crippen LogP contribution < -0.4 is 16.0 Å². The standard InChI is InChI=1S/C28H43N3O2/c1-27(2)21-14-15-28(27,3)24(19-21)30-17-8-6-4-5-7-16-29-22-11-9-10-20(18-22)23-12-13-25(32)31-26(23)33/h9-11,18,21,23-24,29-30H,4-8,12-17,19H2,1-3H3,(H,31,32,33)/t21-,23?,24+,28+/m1/s1. The molecule has 2 saturated carbocycles. The first-order chi connectivity index (χ1) is 15.8. The van der Waals surface area contributed by atoms with Gasteiger partial charge in [0.25, 0.3) is 0 Å². The van der Waals surface area contributed by atoms with Crippen LogP contribution >= 0.6 is 0 Å². The summed E-state index contributed by atoms with van der Waals surface area (Å²) in [6.07, 6.45) is 11.5. The Labute approximate surface area is 199 Å². The highest BCUT2D eigenvalue weighted by molar-refractivity contribution is 6.01. The second-order valence-electron chi connectivity index (χ2n) is 11.4. The quantitative estimate of drug-likeness (QED) is 0.311. The number of nitrogens with one attached hydrogen (secondary N) is 3. The van der Waals surface area contributed by atoms with Crippen LogP contribution in [0, 0.1) is 16.7 Å². The van der Waals surface area contributed by atoms with Gasteiger partial charge < -0.3 is 10.6 Å². The van der Waals surface area contributed by atoms with Crippen molar-refractivity contribution in [2.75, 3.05) is 18.4 Å². The van der Waals surface area contributed by atoms with Gasteiger partial charge in [0.1, 0.15) is 0 Å². The van der Waals surface area contributed by atoms with Crippen molar-refractivity contribution in [1.29, 1.82) is 0 Å². The van der Waals surface area contributed by atoms with Crippen LogP contribution in [-0.2, 0) is 9.59 Å². The van der Waals surface area contributed by atoms with Crippen LogP contribution in [0.2, 0.25) is 0 Å². The summed E-state index contributed by atoms with van der Waals surface area (Å²) in [4.78, 5) is 23.5. The van der Waals surface area contributed by atoms with E-state index in [0.29, 0.717) is 29.7 Å². The van der Waals surface area contributed by atoms with E-state index in [-0.39, 0.29) is 17.7 Å². The summed E-state index contributed by atoms with van der Waals surface area (Å²) in [6, 6.07) is 8.80. The summed E-state index contributed by atoms with van der Waals surface area (Å²) in [5.74, 6) is 0.365. The van der Waals surface area contributed by atoms with Gasteiger partial charge in [0.2, 0.25) is 11.8 Å². The zero-order valence-corrected chi connectivity index (χ0v) is 20.8. The molecule has 2 aliphatic carbocycles. The van der Waals surface area contributed by atoms with E-state index in [1.165, 1.54) is 44.9 Å². The molecule has 1 saturated heterocycles. The van der Waals surface area contributed by atoms with Crippen LogP contribution in [0.1, 0.15) is 96.5 Å². The summed E-state index contributed by atoms with van der Waals surface area (Å²) in [5.41, 5.74) is 3.03. The summed E-state index contributed by atoms with van der Waals surface area (Å²) < 4.78 is 0. The molecule has 182 valence electrons. The second-order valence-corrected chi connectivity index (χ2v) is 11.4. The van der Waals surface area contributed by atoms with Crippen LogP contribution in [0.4, 0.5) is 5.69 Å². The number of carbonyl (C=O) groups is 2. The third-order valence-corrected chi connectivity index (χ3v) is 9.40. The number of imide groups is 1. The average Bonchev–Trinajstić information content (AvgIpc) is 3.12. The summed E-state index contributed by atoms with van der Waals surface area (Å²) >= 11 is 0. The largest absolute Gasteiger partial charge is 0.385 e. The summed E-state index contributed by atoms with van der Waals surface area (Å²) in [5, 5.41) is 9.87. The van der Waals surface area contributed by atoms with E-state index in [1.807, 2.05) is 12.1 Å². The molecule has 1 unspecified atom stereocenters. The zero-order chi connectivity index (χ0) is 23.5. The van der Waals surface area contributed by atoms with Gasteiger partial charge in [-0.05, 0) is 79.5 Å². The van der Waals surface area contributed by atoms with Gasteiger partial charge in [-0.3, -0.25) is 14.9 Å². The monoisotopic (exact) mass is 453 g/mol. The lowest BCUT2D eigenvalue weighted by atomic mass is 9.69. The van der Waals surface area contributed by atoms with Gasteiger partial charge in [-0.25, -0.2) is 0 Å². The molecular weight excluding hydrogens is 410 g/mol. The molecule has 1 heterocycles. The molecule has 3 N–H and O–H groups in total. The van der Waals surface area contributed by atoms with Gasteiger partial charge in [-0.2, -0.15) is 0 Å². The molecule has 2 bridgehead atoms. The van der Waals surface area contributed by atoms with E-state index in [2.05, 4.69) is 48.9 Å². The Hall–Kier alpha value is -1.88. The lowest BCUT2D eigenvalue weighted by molar-refractivity contribution is -0.134. The predicted octanol–water partition coefficient (Wildman–Crippen LogP) is 5.37. The van der Waals surface area contributed by atoms with Crippen molar-refractivity contribution in [2.45, 2.75) is 96.9 Å². The fourth-order valence-corrected chi connectivity index (χ4v) is 6.68. The minimum absolute atomic E-state index is 0.162. The first-order valence-electron chi connectivity index (χ1n) is 13.2. The van der Waals surface area contributed by atoms with Crippen molar-refractivity contribution >= 4 is 17.5 Å². The highest BCUT2D eigenvalue weighted by Gasteiger charge is 2.60. The smallest absolute Gasteiger partial charge is 0.234 e. The Morgan fingerprint density at radius 1 is 1.00 bits per heavy atom. The van der Waals surface area contributed by atoms with Gasteiger partial charge in [0.05, 0.1) is 5.92 Å². The van der Waals surface area contributed by atoms with E-state index in [1.54, 1.807) is 0 Å². The topological polar surface area (TPSA) is 70.2 Å². The van der Waals surface area contributed by atoms with E-state index in [0.717, 1.165) is 36.7 Å². The van der Waals surface area contributed by atoms with Crippen molar-refractivity contribution in [1.82, 2.24) is 10.6 Å². The van der Waals surface area contributed by atoms with Gasteiger partial charge in [0.15, 0.2) is 0 Å². The fourth-order valence-electron chi connectivity index (χ4n) is 6.68. The molecule has 4 atom stereocenters. The second kappa shape index (κ2) is 10.2. The molecule has 5 heteroatoms. The van der Waals surface area contributed by atoms with Crippen LogP contribution in [0.3, 0.4) is 0 Å². The Kier molecular flexibility index (Phi) is 7.47. The average molecular weight is 454 g/mol. The van der Waals surface area contributed by atoms with E-state index in [4.69, 9.17) is 0 Å². The minimum Gasteiger partial charge on any atom is -0.385 e. The molecule has 0 spiro atoms. The number of carbonyl (C=O) groups excluding carboxylic acids is 2. The summed E-state index contributed by atoms with van der Waals surface area (Å²) in [6.45, 7) is 9.62. The fraction of sp³-hybridized carbons (Fsp3) is 0.714. The molecule has 1 aromatic rings. The molecular formula is C28H43N3O2. The Bertz CT molecular complexity index is 851. The molecule has 4 rings (SSSR count). The number of benzene rings is 1. The third-order valence-electron chi connectivity index (χ3n) is 9.40. The number of fused-ring (bicyclic) bond motifs is 2. The number of unbranched alkanes of at least 4 members (excludes halogenated alkanes) is 4. The Morgan fingerprint density at radius 2 is 1.76 bits per heavy atom. The lowest BCUT2D eigenvalue weighted by Crippen LogP contribution is -2.44. The SMILES string of the molecule is CC1(C)[C@@H]2CC[C@@]1(C)[C@@H](NCCCCCCCNc1cccc(C3CCC(=O)NC3=O)c1)C2. The van der Waals surface area contributed by atoms with Crippen molar-refractivity contribution in [3.05, 3.63) is 29.8 Å². The zero-order valence-electron chi connectivity index (χ0n) is 20.8. The first kappa shape index (κ1) is 24.3. The van der Waals surface area contributed by atoms with E-state index < -0.39 is 0 Å². The number of anilines is 1. The molecule has 2 amide bonds. The van der Waals surface area contributed by atoms with E-state index in [9.17, 15) is 9.59 Å². The van der Waals surface area contributed by atoms with Crippen LogP contribution in [-0.4, -0.2) is 30.9 Å². The van der Waals surface area contributed by atoms with E-state index >= 15 is 0 Å². The molecule has 0 aromatic heterocycles. The maximum Gasteiger partial charge on any atom is 0.234 e. The number of rotatable bonds is 11.